The highest BCUT2D eigenvalue weighted by molar-refractivity contribution is 5.83. The van der Waals surface area contributed by atoms with E-state index in [-0.39, 0.29) is 5.91 Å². The summed E-state index contributed by atoms with van der Waals surface area (Å²) in [6.07, 6.45) is 4.19. The number of nitrogens with one attached hydrogen (secondary N) is 3. The van der Waals surface area contributed by atoms with E-state index in [1.807, 2.05) is 7.05 Å². The highest BCUT2D eigenvalue weighted by atomic mass is 16.5. The van der Waals surface area contributed by atoms with Crippen molar-refractivity contribution in [1.29, 1.82) is 0 Å². The maximum Gasteiger partial charge on any atom is 0.234 e. The molecule has 1 amide bonds. The lowest BCUT2D eigenvalue weighted by Gasteiger charge is -2.36. The van der Waals surface area contributed by atoms with Crippen LogP contribution >= 0.6 is 0 Å². The SMILES string of the molecule is CN=C(NCCCc1c[nH]c2ccccc12)N1CCN(CC(=O)NCCOC)CC1. The number of para-hydroxylation sites is 1. The minimum atomic E-state index is 0.0558. The van der Waals surface area contributed by atoms with E-state index in [0.717, 1.165) is 51.5 Å². The number of nitrogens with zero attached hydrogens (tertiary/aromatic N) is 3. The summed E-state index contributed by atoms with van der Waals surface area (Å²) in [5.74, 6) is 0.999. The Labute approximate surface area is 178 Å². The number of carbonyl (C=O) groups excluding carboxylic acids is 1. The van der Waals surface area contributed by atoms with Gasteiger partial charge in [0.1, 0.15) is 0 Å². The van der Waals surface area contributed by atoms with Crippen molar-refractivity contribution in [2.45, 2.75) is 12.8 Å². The highest BCUT2D eigenvalue weighted by Gasteiger charge is 2.20. The van der Waals surface area contributed by atoms with Gasteiger partial charge in [0.05, 0.1) is 13.2 Å². The molecule has 0 saturated carbocycles. The monoisotopic (exact) mass is 414 g/mol. The number of rotatable bonds is 9. The Hall–Kier alpha value is -2.58. The van der Waals surface area contributed by atoms with Crippen LogP contribution in [-0.2, 0) is 16.0 Å². The maximum atomic E-state index is 12.0. The molecule has 1 fully saturated rings. The molecule has 164 valence electrons. The lowest BCUT2D eigenvalue weighted by Crippen LogP contribution is -2.54. The van der Waals surface area contributed by atoms with Crippen molar-refractivity contribution < 1.29 is 9.53 Å². The Kier molecular flexibility index (Phi) is 8.53. The molecular weight excluding hydrogens is 380 g/mol. The van der Waals surface area contributed by atoms with Gasteiger partial charge in [-0.05, 0) is 24.5 Å². The number of fused-ring (bicyclic) bond motifs is 1. The second kappa shape index (κ2) is 11.6. The van der Waals surface area contributed by atoms with Gasteiger partial charge < -0.3 is 25.3 Å². The number of piperazine rings is 1. The Balaban J connectivity index is 1.36. The number of hydrogen-bond donors (Lipinski definition) is 3. The molecule has 1 aliphatic heterocycles. The minimum Gasteiger partial charge on any atom is -0.383 e. The Bertz CT molecular complexity index is 826. The van der Waals surface area contributed by atoms with Crippen molar-refractivity contribution in [2.24, 2.45) is 4.99 Å². The van der Waals surface area contributed by atoms with Crippen LogP contribution in [0, 0.1) is 0 Å². The van der Waals surface area contributed by atoms with Crippen LogP contribution in [0.4, 0.5) is 0 Å². The topological polar surface area (TPSA) is 85.0 Å². The molecule has 0 bridgehead atoms. The first kappa shape index (κ1) is 22.1. The van der Waals surface area contributed by atoms with Crippen LogP contribution in [0.2, 0.25) is 0 Å². The number of guanidine groups is 1. The van der Waals surface area contributed by atoms with Crippen LogP contribution in [0.15, 0.2) is 35.5 Å². The number of hydrogen-bond acceptors (Lipinski definition) is 4. The van der Waals surface area contributed by atoms with Crippen LogP contribution in [-0.4, -0.2) is 93.2 Å². The molecule has 0 aliphatic carbocycles. The zero-order valence-corrected chi connectivity index (χ0v) is 18.1. The number of aryl methyl sites for hydroxylation is 1. The summed E-state index contributed by atoms with van der Waals surface area (Å²) >= 11 is 0. The van der Waals surface area contributed by atoms with Crippen molar-refractivity contribution in [1.82, 2.24) is 25.4 Å². The summed E-state index contributed by atoms with van der Waals surface area (Å²) < 4.78 is 4.96. The van der Waals surface area contributed by atoms with Crippen molar-refractivity contribution in [3.63, 3.8) is 0 Å². The zero-order chi connectivity index (χ0) is 21.2. The van der Waals surface area contributed by atoms with E-state index in [2.05, 4.69) is 60.9 Å². The van der Waals surface area contributed by atoms with Gasteiger partial charge >= 0.3 is 0 Å². The number of aromatic amines is 1. The Morgan fingerprint density at radius 2 is 1.97 bits per heavy atom. The molecule has 1 aromatic carbocycles. The number of aliphatic imine (C=N–C) groups is 1. The van der Waals surface area contributed by atoms with Gasteiger partial charge in [0.25, 0.3) is 0 Å². The molecule has 1 aromatic heterocycles. The van der Waals surface area contributed by atoms with Crippen molar-refractivity contribution in [2.75, 3.05) is 66.6 Å². The summed E-state index contributed by atoms with van der Waals surface area (Å²) in [6, 6.07) is 8.43. The summed E-state index contributed by atoms with van der Waals surface area (Å²) in [5, 5.41) is 7.68. The van der Waals surface area contributed by atoms with Gasteiger partial charge in [-0.3, -0.25) is 14.7 Å². The molecule has 0 radical (unpaired) electrons. The average molecular weight is 415 g/mol. The third kappa shape index (κ3) is 6.21. The number of amides is 1. The fourth-order valence-electron chi connectivity index (χ4n) is 3.82. The number of ether oxygens (including phenoxy) is 1. The van der Waals surface area contributed by atoms with E-state index >= 15 is 0 Å². The number of benzene rings is 1. The van der Waals surface area contributed by atoms with Gasteiger partial charge in [-0.25, -0.2) is 0 Å². The lowest BCUT2D eigenvalue weighted by atomic mass is 10.1. The predicted molar refractivity (Wildman–Crippen MR) is 121 cm³/mol. The number of carbonyl (C=O) groups is 1. The molecule has 0 spiro atoms. The third-order valence-electron chi connectivity index (χ3n) is 5.46. The molecule has 2 heterocycles. The fourth-order valence-corrected chi connectivity index (χ4v) is 3.82. The summed E-state index contributed by atoms with van der Waals surface area (Å²) in [5.41, 5.74) is 2.56. The summed E-state index contributed by atoms with van der Waals surface area (Å²) in [4.78, 5) is 24.2. The lowest BCUT2D eigenvalue weighted by molar-refractivity contribution is -0.122. The van der Waals surface area contributed by atoms with Gasteiger partial charge in [-0.1, -0.05) is 18.2 Å². The van der Waals surface area contributed by atoms with Crippen LogP contribution in [0.5, 0.6) is 0 Å². The largest absolute Gasteiger partial charge is 0.383 e. The van der Waals surface area contributed by atoms with Crippen LogP contribution in [0.3, 0.4) is 0 Å². The van der Waals surface area contributed by atoms with Gasteiger partial charge in [-0.2, -0.15) is 0 Å². The summed E-state index contributed by atoms with van der Waals surface area (Å²) in [7, 11) is 3.46. The number of aromatic nitrogens is 1. The van der Waals surface area contributed by atoms with Gasteiger partial charge in [-0.15, -0.1) is 0 Å². The van der Waals surface area contributed by atoms with Crippen LogP contribution in [0.25, 0.3) is 10.9 Å². The van der Waals surface area contributed by atoms with Gasteiger partial charge in [0.15, 0.2) is 5.96 Å². The van der Waals surface area contributed by atoms with Crippen LogP contribution in [0.1, 0.15) is 12.0 Å². The average Bonchev–Trinajstić information content (AvgIpc) is 3.18. The second-order valence-electron chi connectivity index (χ2n) is 7.54. The normalized spacial score (nSPS) is 15.5. The van der Waals surface area contributed by atoms with Crippen LogP contribution < -0.4 is 10.6 Å². The van der Waals surface area contributed by atoms with Gasteiger partial charge in [0.2, 0.25) is 5.91 Å². The smallest absolute Gasteiger partial charge is 0.234 e. The van der Waals surface area contributed by atoms with Crippen molar-refractivity contribution >= 4 is 22.8 Å². The fraction of sp³-hybridized carbons (Fsp3) is 0.545. The molecule has 0 atom stereocenters. The van der Waals surface area contributed by atoms with E-state index in [0.29, 0.717) is 19.7 Å². The molecule has 1 aliphatic rings. The van der Waals surface area contributed by atoms with E-state index in [9.17, 15) is 4.79 Å². The van der Waals surface area contributed by atoms with E-state index in [1.165, 1.54) is 16.5 Å². The summed E-state index contributed by atoms with van der Waals surface area (Å²) in [6.45, 7) is 5.87. The molecule has 30 heavy (non-hydrogen) atoms. The number of methoxy groups -OCH3 is 1. The first-order chi connectivity index (χ1) is 14.7. The van der Waals surface area contributed by atoms with Gasteiger partial charge in [0, 0.05) is 70.5 Å². The highest BCUT2D eigenvalue weighted by Crippen LogP contribution is 2.18. The van der Waals surface area contributed by atoms with Crippen molar-refractivity contribution in [3.8, 4) is 0 Å². The molecule has 2 aromatic rings. The molecule has 1 saturated heterocycles. The standard InChI is InChI=1S/C22H34N6O2/c1-23-22(25-9-5-6-18-16-26-20-8-4-3-7-19(18)20)28-13-11-27(12-14-28)17-21(29)24-10-15-30-2/h3-4,7-8,16,26H,5-6,9-15,17H2,1-2H3,(H,23,25)(H,24,29). The molecule has 8 heteroatoms. The predicted octanol–water partition coefficient (Wildman–Crippen LogP) is 1.06. The van der Waals surface area contributed by atoms with E-state index in [1.54, 1.807) is 7.11 Å². The zero-order valence-electron chi connectivity index (χ0n) is 18.1. The second-order valence-corrected chi connectivity index (χ2v) is 7.54. The quantitative estimate of drug-likeness (QED) is 0.325. The Morgan fingerprint density at radius 3 is 2.73 bits per heavy atom. The third-order valence-corrected chi connectivity index (χ3v) is 5.46. The van der Waals surface area contributed by atoms with E-state index in [4.69, 9.17) is 4.74 Å². The first-order valence-corrected chi connectivity index (χ1v) is 10.7. The molecular formula is C22H34N6O2. The van der Waals surface area contributed by atoms with Crippen molar-refractivity contribution in [3.05, 3.63) is 36.0 Å². The number of H-pyrrole nitrogens is 1. The Morgan fingerprint density at radius 1 is 1.17 bits per heavy atom. The first-order valence-electron chi connectivity index (χ1n) is 10.7. The molecule has 0 unspecified atom stereocenters. The molecule has 3 N–H and O–H groups in total. The minimum absolute atomic E-state index is 0.0558. The van der Waals surface area contributed by atoms with E-state index < -0.39 is 0 Å². The molecule has 3 rings (SSSR count). The molecule has 8 nitrogen and oxygen atoms in total. The maximum absolute atomic E-state index is 12.0.